The first kappa shape index (κ1) is 24.4. The van der Waals surface area contributed by atoms with Crippen LogP contribution in [0.15, 0.2) is 18.2 Å². The Bertz CT molecular complexity index is 1180. The van der Waals surface area contributed by atoms with Crippen LogP contribution in [0.4, 0.5) is 5.13 Å². The summed E-state index contributed by atoms with van der Waals surface area (Å²) in [6, 6.07) is 5.46. The van der Waals surface area contributed by atoms with Crippen LogP contribution in [0.2, 0.25) is 5.15 Å². The highest BCUT2D eigenvalue weighted by Gasteiger charge is 2.32. The van der Waals surface area contributed by atoms with Gasteiger partial charge in [0, 0.05) is 25.2 Å². The minimum atomic E-state index is -0.334. The van der Waals surface area contributed by atoms with Gasteiger partial charge in [-0.25, -0.2) is 14.8 Å². The molecule has 1 fully saturated rings. The third-order valence-electron chi connectivity index (χ3n) is 5.86. The standard InChI is InChI=1S/C23H29ClN6O3S/c1-4-14-19(24)29-20(26-14)21(31)27-15-10-11-30(12-17(15)25-5-2)23-28-16-9-7-8-13(18(16)34-23)22(32)33-6-3/h7-9,15,17,25H,4-6,10-12H2,1-3H3,(H,26,29)(H,27,31)/t15-,17+/m0/s1. The molecule has 1 aliphatic rings. The zero-order valence-corrected chi connectivity index (χ0v) is 21.1. The van der Waals surface area contributed by atoms with E-state index in [0.29, 0.717) is 30.3 Å². The number of amides is 1. The number of aryl methyl sites for hydroxylation is 1. The molecule has 1 amide bonds. The van der Waals surface area contributed by atoms with Gasteiger partial charge in [-0.15, -0.1) is 0 Å². The lowest BCUT2D eigenvalue weighted by Gasteiger charge is -2.39. The zero-order chi connectivity index (χ0) is 24.2. The molecule has 182 valence electrons. The lowest BCUT2D eigenvalue weighted by molar-refractivity contribution is 0.0528. The predicted octanol–water partition coefficient (Wildman–Crippen LogP) is 3.40. The number of H-pyrrole nitrogens is 1. The SMILES string of the molecule is CCN[C@@H]1CN(c2nc3cccc(C(=O)OCC)c3s2)CC[C@@H]1NC(=O)c1nc(Cl)c(CC)[nH]1. The number of halogens is 1. The van der Waals surface area contributed by atoms with Crippen molar-refractivity contribution in [3.8, 4) is 0 Å². The van der Waals surface area contributed by atoms with E-state index in [1.807, 2.05) is 26.0 Å². The van der Waals surface area contributed by atoms with Gasteiger partial charge < -0.3 is 25.3 Å². The van der Waals surface area contributed by atoms with Crippen LogP contribution in [0.1, 0.15) is 53.9 Å². The van der Waals surface area contributed by atoms with Gasteiger partial charge in [0.2, 0.25) is 0 Å². The van der Waals surface area contributed by atoms with Gasteiger partial charge in [0.15, 0.2) is 16.1 Å². The van der Waals surface area contributed by atoms with Crippen molar-refractivity contribution in [1.29, 1.82) is 0 Å². The largest absolute Gasteiger partial charge is 0.462 e. The Morgan fingerprint density at radius 3 is 2.79 bits per heavy atom. The molecule has 11 heteroatoms. The van der Waals surface area contributed by atoms with Crippen molar-refractivity contribution in [2.24, 2.45) is 0 Å². The number of nitrogens with zero attached hydrogens (tertiary/aromatic N) is 3. The summed E-state index contributed by atoms with van der Waals surface area (Å²) >= 11 is 7.60. The van der Waals surface area contributed by atoms with E-state index >= 15 is 0 Å². The molecule has 1 aliphatic heterocycles. The Kier molecular flexibility index (Phi) is 7.70. The van der Waals surface area contributed by atoms with Gasteiger partial charge in [-0.3, -0.25) is 4.79 Å². The van der Waals surface area contributed by atoms with E-state index < -0.39 is 0 Å². The molecule has 2 aromatic heterocycles. The van der Waals surface area contributed by atoms with Gasteiger partial charge in [-0.1, -0.05) is 42.9 Å². The molecule has 34 heavy (non-hydrogen) atoms. The average Bonchev–Trinajstić information content (AvgIpc) is 3.43. The summed E-state index contributed by atoms with van der Waals surface area (Å²) in [5.74, 6) is -0.362. The zero-order valence-electron chi connectivity index (χ0n) is 19.5. The minimum absolute atomic E-state index is 0.0234. The first-order chi connectivity index (χ1) is 16.4. The third kappa shape index (κ3) is 5.03. The number of carbonyl (C=O) groups excluding carboxylic acids is 2. The number of aromatic nitrogens is 3. The van der Waals surface area contributed by atoms with Crippen LogP contribution in [0.5, 0.6) is 0 Å². The second kappa shape index (κ2) is 10.7. The van der Waals surface area contributed by atoms with Crippen molar-refractivity contribution in [3.63, 3.8) is 0 Å². The van der Waals surface area contributed by atoms with Crippen LogP contribution in [-0.2, 0) is 11.2 Å². The second-order valence-electron chi connectivity index (χ2n) is 8.06. The number of nitrogens with one attached hydrogen (secondary N) is 3. The van der Waals surface area contributed by atoms with E-state index in [1.165, 1.54) is 11.3 Å². The molecule has 0 bridgehead atoms. The normalized spacial score (nSPS) is 18.3. The van der Waals surface area contributed by atoms with E-state index in [4.69, 9.17) is 21.3 Å². The van der Waals surface area contributed by atoms with Gasteiger partial charge in [-0.2, -0.15) is 0 Å². The Balaban J connectivity index is 1.50. The minimum Gasteiger partial charge on any atom is -0.462 e. The summed E-state index contributed by atoms with van der Waals surface area (Å²) in [6.07, 6.45) is 1.41. The number of hydrogen-bond donors (Lipinski definition) is 3. The fraction of sp³-hybridized carbons (Fsp3) is 0.478. The van der Waals surface area contributed by atoms with Crippen LogP contribution in [0.3, 0.4) is 0 Å². The fourth-order valence-electron chi connectivity index (χ4n) is 4.18. The number of aromatic amines is 1. The van der Waals surface area contributed by atoms with Gasteiger partial charge in [0.05, 0.1) is 28.1 Å². The molecule has 3 aromatic rings. The maximum atomic E-state index is 12.8. The van der Waals surface area contributed by atoms with E-state index in [1.54, 1.807) is 13.0 Å². The molecule has 1 aromatic carbocycles. The molecule has 0 spiro atoms. The highest BCUT2D eigenvalue weighted by Crippen LogP contribution is 2.33. The number of hydrogen-bond acceptors (Lipinski definition) is 8. The molecule has 3 N–H and O–H groups in total. The molecule has 0 saturated carbocycles. The van der Waals surface area contributed by atoms with Gasteiger partial charge in [0.25, 0.3) is 5.91 Å². The van der Waals surface area contributed by atoms with Crippen molar-refractivity contribution < 1.29 is 14.3 Å². The Hall–Kier alpha value is -2.69. The lowest BCUT2D eigenvalue weighted by Crippen LogP contribution is -2.59. The third-order valence-corrected chi connectivity index (χ3v) is 7.34. The number of piperidine rings is 1. The number of thiazole rings is 1. The first-order valence-electron chi connectivity index (χ1n) is 11.5. The highest BCUT2D eigenvalue weighted by atomic mass is 35.5. The molecular weight excluding hydrogens is 476 g/mol. The maximum Gasteiger partial charge on any atom is 0.339 e. The summed E-state index contributed by atoms with van der Waals surface area (Å²) in [5.41, 5.74) is 2.07. The molecule has 2 atom stereocenters. The summed E-state index contributed by atoms with van der Waals surface area (Å²) in [6.45, 7) is 8.28. The van der Waals surface area contributed by atoms with Crippen molar-refractivity contribution in [1.82, 2.24) is 25.6 Å². The number of likely N-dealkylation sites (N-methyl/N-ethyl adjacent to an activating group) is 1. The highest BCUT2D eigenvalue weighted by molar-refractivity contribution is 7.22. The number of anilines is 1. The Morgan fingerprint density at radius 1 is 1.26 bits per heavy atom. The molecule has 4 rings (SSSR count). The number of ether oxygens (including phenoxy) is 1. The molecular formula is C23H29ClN6O3S. The quantitative estimate of drug-likeness (QED) is 0.403. The predicted molar refractivity (Wildman–Crippen MR) is 134 cm³/mol. The molecule has 1 saturated heterocycles. The summed E-state index contributed by atoms with van der Waals surface area (Å²) in [4.78, 5) is 39.3. The van der Waals surface area contributed by atoms with E-state index in [2.05, 4.69) is 25.5 Å². The number of imidazole rings is 1. The van der Waals surface area contributed by atoms with Crippen molar-refractivity contribution >= 4 is 50.2 Å². The van der Waals surface area contributed by atoms with Gasteiger partial charge in [-0.05, 0) is 38.4 Å². The Labute approximate surface area is 207 Å². The van der Waals surface area contributed by atoms with Crippen LogP contribution in [0.25, 0.3) is 10.2 Å². The number of esters is 1. The average molecular weight is 505 g/mol. The van der Waals surface area contributed by atoms with Crippen LogP contribution >= 0.6 is 22.9 Å². The topological polar surface area (TPSA) is 112 Å². The Morgan fingerprint density at radius 2 is 2.09 bits per heavy atom. The number of fused-ring (bicyclic) bond motifs is 1. The van der Waals surface area contributed by atoms with E-state index in [-0.39, 0.29) is 29.8 Å². The van der Waals surface area contributed by atoms with Gasteiger partial charge >= 0.3 is 5.97 Å². The molecule has 0 radical (unpaired) electrons. The fourth-order valence-corrected chi connectivity index (χ4v) is 5.54. The molecule has 0 unspecified atom stereocenters. The van der Waals surface area contributed by atoms with Crippen molar-refractivity contribution in [2.75, 3.05) is 31.1 Å². The van der Waals surface area contributed by atoms with E-state index in [0.717, 1.165) is 40.6 Å². The monoisotopic (exact) mass is 504 g/mol. The van der Waals surface area contributed by atoms with Crippen LogP contribution in [-0.4, -0.2) is 65.2 Å². The number of carbonyl (C=O) groups is 2. The first-order valence-corrected chi connectivity index (χ1v) is 12.7. The number of rotatable bonds is 8. The summed E-state index contributed by atoms with van der Waals surface area (Å²) in [5, 5.41) is 7.79. The summed E-state index contributed by atoms with van der Waals surface area (Å²) < 4.78 is 6.03. The molecule has 3 heterocycles. The van der Waals surface area contributed by atoms with Crippen LogP contribution in [0, 0.1) is 0 Å². The van der Waals surface area contributed by atoms with Crippen molar-refractivity contribution in [3.05, 3.63) is 40.4 Å². The summed E-state index contributed by atoms with van der Waals surface area (Å²) in [7, 11) is 0. The lowest BCUT2D eigenvalue weighted by atomic mass is 9.99. The maximum absolute atomic E-state index is 12.8. The number of benzene rings is 1. The second-order valence-corrected chi connectivity index (χ2v) is 9.39. The smallest absolute Gasteiger partial charge is 0.339 e. The van der Waals surface area contributed by atoms with Crippen molar-refractivity contribution in [2.45, 2.75) is 45.7 Å². The van der Waals surface area contributed by atoms with Crippen LogP contribution < -0.4 is 15.5 Å². The molecule has 9 nitrogen and oxygen atoms in total. The van der Waals surface area contributed by atoms with Gasteiger partial charge in [0.1, 0.15) is 0 Å². The van der Waals surface area contributed by atoms with E-state index in [9.17, 15) is 9.59 Å². The molecule has 0 aliphatic carbocycles.